The van der Waals surface area contributed by atoms with Crippen LogP contribution in [0.1, 0.15) is 71.1 Å². The number of allylic oxidation sites excluding steroid dienone is 4. The minimum absolute atomic E-state index is 0.317. The normalized spacial score (nSPS) is 12.7. The smallest absolute Gasteiger partial charge is 0.264 e. The third kappa shape index (κ3) is 19.4. The molecule has 0 bridgehead atoms. The van der Waals surface area contributed by atoms with E-state index in [4.69, 9.17) is 0 Å². The molecule has 0 aliphatic heterocycles. The first kappa shape index (κ1) is 20.4. The number of hydrogen-bond donors (Lipinski definition) is 0. The van der Waals surface area contributed by atoms with Gasteiger partial charge in [0.25, 0.3) is 10.1 Å². The summed E-state index contributed by atoms with van der Waals surface area (Å²) in [5, 5.41) is 0. The molecule has 0 aromatic carbocycles. The van der Waals surface area contributed by atoms with Gasteiger partial charge in [0.15, 0.2) is 0 Å². The molecule has 0 saturated carbocycles. The van der Waals surface area contributed by atoms with Gasteiger partial charge in [0.05, 0.1) is 12.9 Å². The molecular weight excluding hydrogens is 284 g/mol. The lowest BCUT2D eigenvalue weighted by Gasteiger charge is -2.00. The van der Waals surface area contributed by atoms with E-state index in [9.17, 15) is 8.42 Å². The Bertz CT molecular complexity index is 369. The molecule has 0 amide bonds. The highest BCUT2D eigenvalue weighted by atomic mass is 32.2. The Labute approximate surface area is 131 Å². The molecule has 0 aliphatic rings. The lowest BCUT2D eigenvalue weighted by molar-refractivity contribution is 0.310. The van der Waals surface area contributed by atoms with Crippen LogP contribution in [0.4, 0.5) is 0 Å². The zero-order valence-electron chi connectivity index (χ0n) is 13.7. The first-order valence-corrected chi connectivity index (χ1v) is 10.0. The van der Waals surface area contributed by atoms with Gasteiger partial charge in [-0.2, -0.15) is 8.42 Å². The molecule has 0 spiro atoms. The van der Waals surface area contributed by atoms with Crippen molar-refractivity contribution in [3.8, 4) is 0 Å². The summed E-state index contributed by atoms with van der Waals surface area (Å²) in [6.07, 6.45) is 21.5. The Morgan fingerprint density at radius 1 is 0.810 bits per heavy atom. The zero-order chi connectivity index (χ0) is 15.8. The highest BCUT2D eigenvalue weighted by molar-refractivity contribution is 7.85. The van der Waals surface area contributed by atoms with E-state index in [1.165, 1.54) is 25.7 Å². The van der Waals surface area contributed by atoms with E-state index in [2.05, 4.69) is 35.4 Å². The molecule has 0 aromatic heterocycles. The quantitative estimate of drug-likeness (QED) is 0.257. The van der Waals surface area contributed by atoms with Crippen LogP contribution in [0.15, 0.2) is 24.3 Å². The van der Waals surface area contributed by atoms with Crippen LogP contribution in [-0.4, -0.2) is 21.3 Å². The molecule has 0 saturated heterocycles. The van der Waals surface area contributed by atoms with Crippen molar-refractivity contribution in [2.24, 2.45) is 0 Å². The SMILES string of the molecule is CCCCC/C=C\C/C=C\CCCCCCOS(C)(=O)=O. The number of rotatable bonds is 14. The molecule has 0 rings (SSSR count). The summed E-state index contributed by atoms with van der Waals surface area (Å²) in [4.78, 5) is 0. The molecule has 3 nitrogen and oxygen atoms in total. The van der Waals surface area contributed by atoms with E-state index in [-0.39, 0.29) is 0 Å². The van der Waals surface area contributed by atoms with Gasteiger partial charge in [0.1, 0.15) is 0 Å². The fourth-order valence-electron chi connectivity index (χ4n) is 1.95. The van der Waals surface area contributed by atoms with Crippen LogP contribution in [0.5, 0.6) is 0 Å². The fraction of sp³-hybridized carbons (Fsp3) is 0.765. The third-order valence-corrected chi connectivity index (χ3v) is 3.74. The molecular formula is C17H32O3S. The molecule has 0 heterocycles. The topological polar surface area (TPSA) is 43.4 Å². The van der Waals surface area contributed by atoms with E-state index in [1.54, 1.807) is 0 Å². The second-order valence-corrected chi connectivity index (χ2v) is 7.05. The summed E-state index contributed by atoms with van der Waals surface area (Å²) < 4.78 is 26.1. The first-order chi connectivity index (χ1) is 10.1. The summed E-state index contributed by atoms with van der Waals surface area (Å²) in [5.74, 6) is 0. The van der Waals surface area contributed by atoms with Crippen molar-refractivity contribution < 1.29 is 12.6 Å². The second-order valence-electron chi connectivity index (χ2n) is 5.40. The van der Waals surface area contributed by atoms with Gasteiger partial charge >= 0.3 is 0 Å². The summed E-state index contributed by atoms with van der Waals surface area (Å²) >= 11 is 0. The van der Waals surface area contributed by atoms with E-state index >= 15 is 0 Å². The predicted molar refractivity (Wildman–Crippen MR) is 90.9 cm³/mol. The first-order valence-electron chi connectivity index (χ1n) is 8.20. The summed E-state index contributed by atoms with van der Waals surface area (Å²) in [6, 6.07) is 0. The van der Waals surface area contributed by atoms with Gasteiger partial charge in [-0.1, -0.05) is 56.9 Å². The molecule has 21 heavy (non-hydrogen) atoms. The molecule has 0 radical (unpaired) electrons. The Morgan fingerprint density at radius 3 is 1.95 bits per heavy atom. The van der Waals surface area contributed by atoms with E-state index in [1.807, 2.05) is 0 Å². The second kappa shape index (κ2) is 14.3. The predicted octanol–water partition coefficient (Wildman–Crippen LogP) is 5.00. The van der Waals surface area contributed by atoms with E-state index in [0.29, 0.717) is 6.61 Å². The average molecular weight is 317 g/mol. The summed E-state index contributed by atoms with van der Waals surface area (Å²) in [5.41, 5.74) is 0. The molecule has 0 unspecified atom stereocenters. The average Bonchev–Trinajstić information content (AvgIpc) is 2.42. The van der Waals surface area contributed by atoms with Crippen molar-refractivity contribution in [3.05, 3.63) is 24.3 Å². The van der Waals surface area contributed by atoms with Crippen LogP contribution in [0.25, 0.3) is 0 Å². The fourth-order valence-corrected chi connectivity index (χ4v) is 2.37. The Morgan fingerprint density at radius 2 is 1.38 bits per heavy atom. The molecule has 0 atom stereocenters. The van der Waals surface area contributed by atoms with E-state index < -0.39 is 10.1 Å². The van der Waals surface area contributed by atoms with Crippen molar-refractivity contribution in [1.82, 2.24) is 0 Å². The van der Waals surface area contributed by atoms with Crippen LogP contribution in [0.3, 0.4) is 0 Å². The molecule has 124 valence electrons. The molecule has 0 aromatic rings. The number of hydrogen-bond acceptors (Lipinski definition) is 3. The molecule has 4 heteroatoms. The van der Waals surface area contributed by atoms with Gasteiger partial charge < -0.3 is 0 Å². The van der Waals surface area contributed by atoms with Crippen molar-refractivity contribution in [2.75, 3.05) is 12.9 Å². The van der Waals surface area contributed by atoms with Crippen molar-refractivity contribution >= 4 is 10.1 Å². The Kier molecular flexibility index (Phi) is 13.9. The molecule has 0 fully saturated rings. The lowest BCUT2D eigenvalue weighted by Crippen LogP contribution is -2.03. The van der Waals surface area contributed by atoms with Crippen LogP contribution >= 0.6 is 0 Å². The minimum atomic E-state index is -3.26. The maximum absolute atomic E-state index is 10.7. The van der Waals surface area contributed by atoms with Gasteiger partial charge in [0.2, 0.25) is 0 Å². The monoisotopic (exact) mass is 316 g/mol. The van der Waals surface area contributed by atoms with Crippen LogP contribution in [0.2, 0.25) is 0 Å². The maximum atomic E-state index is 10.7. The summed E-state index contributed by atoms with van der Waals surface area (Å²) in [7, 11) is -3.26. The van der Waals surface area contributed by atoms with Gasteiger partial charge in [0, 0.05) is 0 Å². The zero-order valence-corrected chi connectivity index (χ0v) is 14.5. The van der Waals surface area contributed by atoms with Gasteiger partial charge in [-0.25, -0.2) is 0 Å². The van der Waals surface area contributed by atoms with Crippen molar-refractivity contribution in [1.29, 1.82) is 0 Å². The lowest BCUT2D eigenvalue weighted by atomic mass is 10.1. The third-order valence-electron chi connectivity index (χ3n) is 3.14. The van der Waals surface area contributed by atoms with Gasteiger partial charge in [-0.05, 0) is 38.5 Å². The molecule has 0 N–H and O–H groups in total. The van der Waals surface area contributed by atoms with E-state index in [0.717, 1.165) is 44.8 Å². The van der Waals surface area contributed by atoms with Gasteiger partial charge in [-0.15, -0.1) is 0 Å². The van der Waals surface area contributed by atoms with Crippen molar-refractivity contribution in [2.45, 2.75) is 71.1 Å². The Hall–Kier alpha value is -0.610. The summed E-state index contributed by atoms with van der Waals surface area (Å²) in [6.45, 7) is 2.54. The maximum Gasteiger partial charge on any atom is 0.264 e. The highest BCUT2D eigenvalue weighted by Crippen LogP contribution is 2.05. The minimum Gasteiger partial charge on any atom is -0.270 e. The number of unbranched alkanes of at least 4 members (excludes halogenated alkanes) is 7. The van der Waals surface area contributed by atoms with Gasteiger partial charge in [-0.3, -0.25) is 4.18 Å². The van der Waals surface area contributed by atoms with Crippen LogP contribution < -0.4 is 0 Å². The van der Waals surface area contributed by atoms with Crippen LogP contribution in [-0.2, 0) is 14.3 Å². The van der Waals surface area contributed by atoms with Crippen molar-refractivity contribution in [3.63, 3.8) is 0 Å². The highest BCUT2D eigenvalue weighted by Gasteiger charge is 1.99. The van der Waals surface area contributed by atoms with Crippen LogP contribution in [0, 0.1) is 0 Å². The standard InChI is InChI=1S/C17H32O3S/c1-3-4-5-6-7-8-9-10-11-12-13-14-15-16-17-20-21(2,18)19/h7-8,10-11H,3-6,9,12-17H2,1-2H3/b8-7-,11-10-. The largest absolute Gasteiger partial charge is 0.270 e. The Balaban J connectivity index is 3.25. The molecule has 0 aliphatic carbocycles.